The first kappa shape index (κ1) is 13.3. The molecule has 0 aromatic carbocycles. The summed E-state index contributed by atoms with van der Waals surface area (Å²) in [6.07, 6.45) is 5.03. The van der Waals surface area contributed by atoms with Gasteiger partial charge in [-0.2, -0.15) is 0 Å². The van der Waals surface area contributed by atoms with Crippen LogP contribution in [0.5, 0.6) is 0 Å². The Morgan fingerprint density at radius 2 is 1.89 bits per heavy atom. The van der Waals surface area contributed by atoms with Gasteiger partial charge in [0.05, 0.1) is 6.04 Å². The highest BCUT2D eigenvalue weighted by molar-refractivity contribution is 5.82. The van der Waals surface area contributed by atoms with Crippen molar-refractivity contribution in [3.63, 3.8) is 0 Å². The minimum absolute atomic E-state index is 0.0220. The van der Waals surface area contributed by atoms with Crippen molar-refractivity contribution in [1.82, 2.24) is 15.5 Å². The van der Waals surface area contributed by atoms with Crippen LogP contribution in [0, 0.1) is 0 Å². The molecule has 0 aliphatic carbocycles. The number of nitrogens with zero attached hydrogens (tertiary/aromatic N) is 1. The first-order valence-electron chi connectivity index (χ1n) is 6.96. The van der Waals surface area contributed by atoms with Crippen LogP contribution in [-0.2, 0) is 9.59 Å². The highest BCUT2D eigenvalue weighted by Gasteiger charge is 2.28. The summed E-state index contributed by atoms with van der Waals surface area (Å²) in [6.45, 7) is 4.03. The van der Waals surface area contributed by atoms with Crippen molar-refractivity contribution in [2.45, 2.75) is 51.1 Å². The fraction of sp³-hybridized carbons (Fsp3) is 0.846. The van der Waals surface area contributed by atoms with Crippen molar-refractivity contribution >= 4 is 11.8 Å². The highest BCUT2D eigenvalue weighted by atomic mass is 16.2. The molecule has 0 aromatic heterocycles. The number of amides is 2. The van der Waals surface area contributed by atoms with Crippen molar-refractivity contribution in [2.75, 3.05) is 19.6 Å². The lowest BCUT2D eigenvalue weighted by atomic mass is 10.0. The predicted molar refractivity (Wildman–Crippen MR) is 69.1 cm³/mol. The van der Waals surface area contributed by atoms with Gasteiger partial charge in [0.15, 0.2) is 0 Å². The fourth-order valence-electron chi connectivity index (χ4n) is 2.81. The molecule has 5 nitrogen and oxygen atoms in total. The van der Waals surface area contributed by atoms with Gasteiger partial charge in [-0.25, -0.2) is 0 Å². The molecule has 5 heteroatoms. The van der Waals surface area contributed by atoms with Gasteiger partial charge in [0.1, 0.15) is 0 Å². The van der Waals surface area contributed by atoms with E-state index < -0.39 is 0 Å². The maximum absolute atomic E-state index is 12.3. The van der Waals surface area contributed by atoms with E-state index in [4.69, 9.17) is 0 Å². The van der Waals surface area contributed by atoms with E-state index in [1.54, 1.807) is 6.92 Å². The van der Waals surface area contributed by atoms with E-state index in [-0.39, 0.29) is 23.9 Å². The van der Waals surface area contributed by atoms with Crippen LogP contribution < -0.4 is 10.6 Å². The van der Waals surface area contributed by atoms with Gasteiger partial charge >= 0.3 is 0 Å². The molecule has 0 saturated carbocycles. The van der Waals surface area contributed by atoms with Crippen molar-refractivity contribution < 1.29 is 9.59 Å². The molecule has 0 spiro atoms. The Morgan fingerprint density at radius 1 is 1.17 bits per heavy atom. The number of piperidine rings is 2. The highest BCUT2D eigenvalue weighted by Crippen LogP contribution is 2.15. The molecular formula is C13H23N3O2. The molecule has 0 bridgehead atoms. The van der Waals surface area contributed by atoms with E-state index in [0.29, 0.717) is 0 Å². The summed E-state index contributed by atoms with van der Waals surface area (Å²) < 4.78 is 0. The van der Waals surface area contributed by atoms with Crippen LogP contribution in [0.3, 0.4) is 0 Å². The van der Waals surface area contributed by atoms with Crippen LogP contribution in [0.15, 0.2) is 0 Å². The number of likely N-dealkylation sites (tertiary alicyclic amines) is 1. The van der Waals surface area contributed by atoms with E-state index in [0.717, 1.165) is 45.3 Å². The van der Waals surface area contributed by atoms with Gasteiger partial charge in [0.2, 0.25) is 11.8 Å². The van der Waals surface area contributed by atoms with Gasteiger partial charge in [-0.15, -0.1) is 0 Å². The van der Waals surface area contributed by atoms with Crippen LogP contribution in [-0.4, -0.2) is 48.4 Å². The quantitative estimate of drug-likeness (QED) is 0.742. The van der Waals surface area contributed by atoms with Crippen LogP contribution in [0.1, 0.15) is 39.0 Å². The molecule has 18 heavy (non-hydrogen) atoms. The molecule has 2 amide bonds. The molecule has 2 heterocycles. The fourth-order valence-corrected chi connectivity index (χ4v) is 2.81. The van der Waals surface area contributed by atoms with Crippen molar-refractivity contribution in [1.29, 1.82) is 0 Å². The summed E-state index contributed by atoms with van der Waals surface area (Å²) in [5.74, 6) is 0.268. The molecule has 2 saturated heterocycles. The second kappa shape index (κ2) is 6.18. The van der Waals surface area contributed by atoms with E-state index >= 15 is 0 Å². The van der Waals surface area contributed by atoms with Crippen LogP contribution in [0.2, 0.25) is 0 Å². The van der Waals surface area contributed by atoms with Gasteiger partial charge in [-0.1, -0.05) is 6.42 Å². The summed E-state index contributed by atoms with van der Waals surface area (Å²) in [6, 6.07) is 0.266. The third-order valence-electron chi connectivity index (χ3n) is 3.82. The van der Waals surface area contributed by atoms with Gasteiger partial charge in [-0.05, 0) is 32.2 Å². The normalized spacial score (nSPS) is 25.8. The summed E-state index contributed by atoms with van der Waals surface area (Å²) in [5, 5.41) is 6.23. The third-order valence-corrected chi connectivity index (χ3v) is 3.82. The molecule has 0 unspecified atom stereocenters. The smallest absolute Gasteiger partial charge is 0.239 e. The Balaban J connectivity index is 1.78. The zero-order valence-electron chi connectivity index (χ0n) is 11.1. The molecular weight excluding hydrogens is 230 g/mol. The molecule has 2 aliphatic heterocycles. The molecule has 1 atom stereocenters. The molecule has 102 valence electrons. The lowest BCUT2D eigenvalue weighted by Crippen LogP contribution is -2.53. The number of rotatable bonds is 2. The Bertz CT molecular complexity index is 305. The molecule has 2 aliphatic rings. The van der Waals surface area contributed by atoms with Gasteiger partial charge in [-0.3, -0.25) is 9.59 Å². The number of hydrogen-bond donors (Lipinski definition) is 2. The summed E-state index contributed by atoms with van der Waals surface area (Å²) in [4.78, 5) is 25.2. The average Bonchev–Trinajstić information content (AvgIpc) is 2.39. The summed E-state index contributed by atoms with van der Waals surface area (Å²) in [5.41, 5.74) is 0. The molecule has 2 N–H and O–H groups in total. The maximum Gasteiger partial charge on any atom is 0.239 e. The number of carbonyl (C=O) groups is 2. The second-order valence-electron chi connectivity index (χ2n) is 5.30. The maximum atomic E-state index is 12.3. The standard InChI is InChI=1S/C13H23N3O2/c1-10(17)15-11-5-8-16(9-6-11)13(18)12-4-2-3-7-14-12/h11-12,14H,2-9H2,1H3,(H,15,17)/t12-/m1/s1. The zero-order chi connectivity index (χ0) is 13.0. The van der Waals surface area contributed by atoms with Gasteiger partial charge < -0.3 is 15.5 Å². The Labute approximate surface area is 108 Å². The van der Waals surface area contributed by atoms with Crippen molar-refractivity contribution in [3.05, 3.63) is 0 Å². The first-order chi connectivity index (χ1) is 8.66. The Hall–Kier alpha value is -1.10. The largest absolute Gasteiger partial charge is 0.353 e. The SMILES string of the molecule is CC(=O)NC1CCN(C(=O)[C@H]2CCCCN2)CC1. The van der Waals surface area contributed by atoms with E-state index in [2.05, 4.69) is 10.6 Å². The third kappa shape index (κ3) is 3.45. The lowest BCUT2D eigenvalue weighted by Gasteiger charge is -2.35. The molecule has 0 radical (unpaired) electrons. The van der Waals surface area contributed by atoms with Crippen molar-refractivity contribution in [3.8, 4) is 0 Å². The second-order valence-corrected chi connectivity index (χ2v) is 5.30. The van der Waals surface area contributed by atoms with Gasteiger partial charge in [0.25, 0.3) is 0 Å². The number of hydrogen-bond acceptors (Lipinski definition) is 3. The monoisotopic (exact) mass is 253 g/mol. The topological polar surface area (TPSA) is 61.4 Å². The Kier molecular flexibility index (Phi) is 4.58. The minimum atomic E-state index is 0.0220. The Morgan fingerprint density at radius 3 is 2.44 bits per heavy atom. The van der Waals surface area contributed by atoms with Crippen LogP contribution >= 0.6 is 0 Å². The summed E-state index contributed by atoms with van der Waals surface area (Å²) in [7, 11) is 0. The van der Waals surface area contributed by atoms with Crippen LogP contribution in [0.4, 0.5) is 0 Å². The van der Waals surface area contributed by atoms with E-state index in [1.165, 1.54) is 6.42 Å². The van der Waals surface area contributed by atoms with E-state index in [9.17, 15) is 9.59 Å². The van der Waals surface area contributed by atoms with Gasteiger partial charge in [0, 0.05) is 26.1 Å². The lowest BCUT2D eigenvalue weighted by molar-refractivity contribution is -0.135. The number of nitrogens with one attached hydrogen (secondary N) is 2. The molecule has 0 aromatic rings. The summed E-state index contributed by atoms with van der Waals surface area (Å²) >= 11 is 0. The van der Waals surface area contributed by atoms with Crippen LogP contribution in [0.25, 0.3) is 0 Å². The minimum Gasteiger partial charge on any atom is -0.353 e. The average molecular weight is 253 g/mol. The zero-order valence-corrected chi connectivity index (χ0v) is 11.1. The number of carbonyl (C=O) groups excluding carboxylic acids is 2. The predicted octanol–water partition coefficient (Wildman–Crippen LogP) is 0.256. The molecule has 2 fully saturated rings. The first-order valence-corrected chi connectivity index (χ1v) is 6.96. The van der Waals surface area contributed by atoms with Crippen molar-refractivity contribution in [2.24, 2.45) is 0 Å². The van der Waals surface area contributed by atoms with E-state index in [1.807, 2.05) is 4.90 Å². The molecule has 2 rings (SSSR count).